The molecule has 0 spiro atoms. The lowest BCUT2D eigenvalue weighted by Crippen LogP contribution is -2.11. The minimum atomic E-state index is 0.745. The lowest BCUT2D eigenvalue weighted by Gasteiger charge is -2.23. The van der Waals surface area contributed by atoms with E-state index in [0.29, 0.717) is 0 Å². The number of nitrogens with zero attached hydrogens (tertiary/aromatic N) is 1. The zero-order chi connectivity index (χ0) is 9.10. The van der Waals surface area contributed by atoms with E-state index in [4.69, 9.17) is 0 Å². The van der Waals surface area contributed by atoms with Crippen molar-refractivity contribution in [2.75, 3.05) is 0 Å². The molecular formula is C12H17N. The summed E-state index contributed by atoms with van der Waals surface area (Å²) in [6.07, 6.45) is 8.46. The Morgan fingerprint density at radius 1 is 1.54 bits per heavy atom. The molecule has 0 bridgehead atoms. The lowest BCUT2D eigenvalue weighted by atomic mass is 9.84. The van der Waals surface area contributed by atoms with Crippen LogP contribution in [0.3, 0.4) is 0 Å². The van der Waals surface area contributed by atoms with E-state index >= 15 is 0 Å². The molecule has 1 aromatic rings. The largest absolute Gasteiger partial charge is 0.261 e. The van der Waals surface area contributed by atoms with Crippen molar-refractivity contribution in [1.82, 2.24) is 4.98 Å². The Hall–Kier alpha value is -0.850. The smallest absolute Gasteiger partial charge is 0.0466 e. The molecule has 0 N–H and O–H groups in total. The number of fused-ring (bicyclic) bond motifs is 1. The van der Waals surface area contributed by atoms with Crippen LogP contribution in [0.4, 0.5) is 0 Å². The SMILES string of the molecule is CCCC1CCCc2cccnc21. The molecule has 13 heavy (non-hydrogen) atoms. The van der Waals surface area contributed by atoms with Crippen molar-refractivity contribution in [3.63, 3.8) is 0 Å². The quantitative estimate of drug-likeness (QED) is 0.672. The Kier molecular flexibility index (Phi) is 2.62. The highest BCUT2D eigenvalue weighted by Gasteiger charge is 2.19. The zero-order valence-corrected chi connectivity index (χ0v) is 8.29. The molecule has 2 rings (SSSR count). The van der Waals surface area contributed by atoms with E-state index in [1.54, 1.807) is 0 Å². The molecule has 70 valence electrons. The minimum Gasteiger partial charge on any atom is -0.261 e. The Morgan fingerprint density at radius 3 is 3.31 bits per heavy atom. The van der Waals surface area contributed by atoms with Gasteiger partial charge in [0, 0.05) is 17.8 Å². The molecule has 0 saturated heterocycles. The van der Waals surface area contributed by atoms with Crippen LogP contribution in [0.15, 0.2) is 18.3 Å². The Balaban J connectivity index is 2.26. The normalized spacial score (nSPS) is 21.2. The Labute approximate surface area is 80.2 Å². The van der Waals surface area contributed by atoms with Gasteiger partial charge in [-0.3, -0.25) is 4.98 Å². The van der Waals surface area contributed by atoms with Gasteiger partial charge in [0.25, 0.3) is 0 Å². The minimum absolute atomic E-state index is 0.745. The third-order valence-electron chi connectivity index (χ3n) is 2.95. The van der Waals surface area contributed by atoms with Crippen molar-refractivity contribution in [2.45, 2.75) is 44.9 Å². The summed E-state index contributed by atoms with van der Waals surface area (Å²) in [6, 6.07) is 4.30. The number of hydrogen-bond donors (Lipinski definition) is 0. The third-order valence-corrected chi connectivity index (χ3v) is 2.95. The topological polar surface area (TPSA) is 12.9 Å². The van der Waals surface area contributed by atoms with Crippen molar-refractivity contribution >= 4 is 0 Å². The van der Waals surface area contributed by atoms with E-state index in [0.717, 1.165) is 5.92 Å². The van der Waals surface area contributed by atoms with Gasteiger partial charge in [-0.2, -0.15) is 0 Å². The Bertz CT molecular complexity index is 280. The van der Waals surface area contributed by atoms with Crippen molar-refractivity contribution in [3.05, 3.63) is 29.6 Å². The van der Waals surface area contributed by atoms with Gasteiger partial charge in [0.05, 0.1) is 0 Å². The summed E-state index contributed by atoms with van der Waals surface area (Å²) in [4.78, 5) is 4.52. The van der Waals surface area contributed by atoms with Crippen LogP contribution in [-0.4, -0.2) is 4.98 Å². The summed E-state index contributed by atoms with van der Waals surface area (Å²) >= 11 is 0. The van der Waals surface area contributed by atoms with Crippen molar-refractivity contribution < 1.29 is 0 Å². The number of rotatable bonds is 2. The van der Waals surface area contributed by atoms with Gasteiger partial charge in [0.15, 0.2) is 0 Å². The van der Waals surface area contributed by atoms with Gasteiger partial charge in [0.2, 0.25) is 0 Å². The van der Waals surface area contributed by atoms with E-state index < -0.39 is 0 Å². The van der Waals surface area contributed by atoms with E-state index in [9.17, 15) is 0 Å². The molecule has 1 atom stereocenters. The number of aryl methyl sites for hydroxylation is 1. The maximum Gasteiger partial charge on any atom is 0.0466 e. The molecule has 1 aromatic heterocycles. The highest BCUT2D eigenvalue weighted by molar-refractivity contribution is 5.25. The second kappa shape index (κ2) is 3.91. The van der Waals surface area contributed by atoms with Gasteiger partial charge >= 0.3 is 0 Å². The monoisotopic (exact) mass is 175 g/mol. The highest BCUT2D eigenvalue weighted by atomic mass is 14.7. The lowest BCUT2D eigenvalue weighted by molar-refractivity contribution is 0.501. The summed E-state index contributed by atoms with van der Waals surface area (Å²) in [5.74, 6) is 0.745. The molecule has 1 aliphatic rings. The van der Waals surface area contributed by atoms with Crippen LogP contribution in [0, 0.1) is 0 Å². The molecule has 0 amide bonds. The average Bonchev–Trinajstić information content (AvgIpc) is 2.19. The molecule has 1 heteroatoms. The first kappa shape index (κ1) is 8.74. The van der Waals surface area contributed by atoms with Gasteiger partial charge in [-0.15, -0.1) is 0 Å². The van der Waals surface area contributed by atoms with Gasteiger partial charge in [0.1, 0.15) is 0 Å². The van der Waals surface area contributed by atoms with Crippen LogP contribution in [0.1, 0.15) is 49.8 Å². The molecule has 1 aliphatic carbocycles. The van der Waals surface area contributed by atoms with Gasteiger partial charge in [-0.25, -0.2) is 0 Å². The molecule has 1 unspecified atom stereocenters. The molecule has 1 heterocycles. The fraction of sp³-hybridized carbons (Fsp3) is 0.583. The molecule has 0 saturated carbocycles. The fourth-order valence-electron chi connectivity index (χ4n) is 2.33. The summed E-state index contributed by atoms with van der Waals surface area (Å²) in [5.41, 5.74) is 2.88. The van der Waals surface area contributed by atoms with Gasteiger partial charge in [-0.1, -0.05) is 19.4 Å². The summed E-state index contributed by atoms with van der Waals surface area (Å²) in [7, 11) is 0. The summed E-state index contributed by atoms with van der Waals surface area (Å²) in [6.45, 7) is 2.26. The summed E-state index contributed by atoms with van der Waals surface area (Å²) < 4.78 is 0. The first-order chi connectivity index (χ1) is 6.42. The first-order valence-electron chi connectivity index (χ1n) is 5.35. The molecular weight excluding hydrogens is 158 g/mol. The van der Waals surface area contributed by atoms with E-state index in [-0.39, 0.29) is 0 Å². The van der Waals surface area contributed by atoms with Gasteiger partial charge in [-0.05, 0) is 37.3 Å². The van der Waals surface area contributed by atoms with E-state index in [1.807, 2.05) is 6.20 Å². The van der Waals surface area contributed by atoms with Crippen molar-refractivity contribution in [2.24, 2.45) is 0 Å². The molecule has 0 fully saturated rings. The third kappa shape index (κ3) is 1.74. The average molecular weight is 175 g/mol. The molecule has 1 nitrogen and oxygen atoms in total. The van der Waals surface area contributed by atoms with Crippen LogP contribution in [0.25, 0.3) is 0 Å². The van der Waals surface area contributed by atoms with Crippen LogP contribution in [0.5, 0.6) is 0 Å². The van der Waals surface area contributed by atoms with Crippen LogP contribution < -0.4 is 0 Å². The van der Waals surface area contributed by atoms with E-state index in [2.05, 4.69) is 24.0 Å². The number of aromatic nitrogens is 1. The molecule has 0 aliphatic heterocycles. The second-order valence-corrected chi connectivity index (χ2v) is 3.93. The Morgan fingerprint density at radius 2 is 2.46 bits per heavy atom. The van der Waals surface area contributed by atoms with E-state index in [1.165, 1.54) is 43.4 Å². The highest BCUT2D eigenvalue weighted by Crippen LogP contribution is 2.32. The standard InChI is InChI=1S/C12H17N/c1-2-5-10-6-3-7-11-8-4-9-13-12(10)11/h4,8-10H,2-3,5-7H2,1H3. The molecule has 0 radical (unpaired) electrons. The maximum absolute atomic E-state index is 4.52. The van der Waals surface area contributed by atoms with Crippen molar-refractivity contribution in [3.8, 4) is 0 Å². The van der Waals surface area contributed by atoms with Crippen LogP contribution >= 0.6 is 0 Å². The zero-order valence-electron chi connectivity index (χ0n) is 8.29. The van der Waals surface area contributed by atoms with Gasteiger partial charge < -0.3 is 0 Å². The fourth-order valence-corrected chi connectivity index (χ4v) is 2.33. The first-order valence-corrected chi connectivity index (χ1v) is 5.35. The number of pyridine rings is 1. The van der Waals surface area contributed by atoms with Crippen LogP contribution in [-0.2, 0) is 6.42 Å². The predicted octanol–water partition coefficient (Wildman–Crippen LogP) is 3.30. The van der Waals surface area contributed by atoms with Crippen molar-refractivity contribution in [1.29, 1.82) is 0 Å². The van der Waals surface area contributed by atoms with Crippen LogP contribution in [0.2, 0.25) is 0 Å². The maximum atomic E-state index is 4.52. The summed E-state index contributed by atoms with van der Waals surface area (Å²) in [5, 5.41) is 0. The second-order valence-electron chi connectivity index (χ2n) is 3.93. The number of hydrogen-bond acceptors (Lipinski definition) is 1. The molecule has 0 aromatic carbocycles. The predicted molar refractivity (Wildman–Crippen MR) is 54.8 cm³/mol.